The van der Waals surface area contributed by atoms with E-state index in [2.05, 4.69) is 0 Å². The number of ether oxygens (including phenoxy) is 1. The van der Waals surface area contributed by atoms with Crippen LogP contribution in [-0.2, 0) is 11.2 Å². The van der Waals surface area contributed by atoms with Crippen molar-refractivity contribution in [2.24, 2.45) is 0 Å². The van der Waals surface area contributed by atoms with E-state index in [9.17, 15) is 10.2 Å². The van der Waals surface area contributed by atoms with Gasteiger partial charge >= 0.3 is 0 Å². The number of rotatable bonds is 7. The predicted octanol–water partition coefficient (Wildman–Crippen LogP) is 3.42. The van der Waals surface area contributed by atoms with Gasteiger partial charge in [-0.2, -0.15) is 0 Å². The van der Waals surface area contributed by atoms with Gasteiger partial charge in [-0.05, 0) is 30.5 Å². The number of aliphatic hydroxyl groups is 2. The van der Waals surface area contributed by atoms with Crippen LogP contribution in [-0.4, -0.2) is 28.7 Å². The lowest BCUT2D eigenvalue weighted by atomic mass is 10.1. The van der Waals surface area contributed by atoms with Gasteiger partial charge in [-0.1, -0.05) is 43.1 Å². The molecule has 1 aromatic carbocycles. The summed E-state index contributed by atoms with van der Waals surface area (Å²) in [6.07, 6.45) is 0.728. The van der Waals surface area contributed by atoms with Gasteiger partial charge in [0.15, 0.2) is 5.79 Å². The Morgan fingerprint density at radius 3 is 2.16 bits per heavy atom. The van der Waals surface area contributed by atoms with Crippen molar-refractivity contribution in [1.82, 2.24) is 0 Å². The molecule has 5 heteroatoms. The van der Waals surface area contributed by atoms with Crippen molar-refractivity contribution in [3.8, 4) is 0 Å². The third-order valence-electron chi connectivity index (χ3n) is 3.19. The lowest BCUT2D eigenvalue weighted by molar-refractivity contribution is -0.238. The zero-order chi connectivity index (χ0) is 14.5. The average Bonchev–Trinajstić information content (AvgIpc) is 2.41. The Bertz CT molecular complexity index is 385. The standard InChI is InChI=1S/C14H20Cl2O3/c1-3-14(18,4-2)19-10(9-17)8-11-12(15)6-5-7-13(11)16/h5-7,10,17-18H,3-4,8-9H2,1-2H3/t10-/m1/s1. The molecule has 0 aliphatic heterocycles. The summed E-state index contributed by atoms with van der Waals surface area (Å²) in [6.45, 7) is 3.46. The van der Waals surface area contributed by atoms with Crippen LogP contribution in [0.25, 0.3) is 0 Å². The van der Waals surface area contributed by atoms with Gasteiger partial charge in [0, 0.05) is 16.5 Å². The molecule has 0 unspecified atom stereocenters. The minimum absolute atomic E-state index is 0.205. The Balaban J connectivity index is 2.83. The normalized spacial score (nSPS) is 13.6. The van der Waals surface area contributed by atoms with E-state index in [1.54, 1.807) is 18.2 Å². The quantitative estimate of drug-likeness (QED) is 0.759. The van der Waals surface area contributed by atoms with Crippen LogP contribution >= 0.6 is 23.2 Å². The maximum Gasteiger partial charge on any atom is 0.165 e. The van der Waals surface area contributed by atoms with Crippen molar-refractivity contribution in [3.05, 3.63) is 33.8 Å². The van der Waals surface area contributed by atoms with E-state index >= 15 is 0 Å². The van der Waals surface area contributed by atoms with Crippen molar-refractivity contribution in [1.29, 1.82) is 0 Å². The van der Waals surface area contributed by atoms with Gasteiger partial charge in [0.2, 0.25) is 0 Å². The second-order valence-corrected chi connectivity index (χ2v) is 5.29. The van der Waals surface area contributed by atoms with E-state index in [0.29, 0.717) is 29.3 Å². The van der Waals surface area contributed by atoms with E-state index in [1.807, 2.05) is 13.8 Å². The summed E-state index contributed by atoms with van der Waals surface area (Å²) < 4.78 is 5.59. The Hall–Kier alpha value is -0.320. The van der Waals surface area contributed by atoms with Gasteiger partial charge in [-0.15, -0.1) is 0 Å². The van der Waals surface area contributed by atoms with Crippen molar-refractivity contribution < 1.29 is 14.9 Å². The summed E-state index contributed by atoms with van der Waals surface area (Å²) in [4.78, 5) is 0. The Morgan fingerprint density at radius 2 is 1.74 bits per heavy atom. The summed E-state index contributed by atoms with van der Waals surface area (Å²) >= 11 is 12.2. The second-order valence-electron chi connectivity index (χ2n) is 4.48. The first-order chi connectivity index (χ1) is 8.95. The van der Waals surface area contributed by atoms with Crippen LogP contribution in [0.4, 0.5) is 0 Å². The van der Waals surface area contributed by atoms with E-state index in [1.165, 1.54) is 0 Å². The molecule has 0 saturated heterocycles. The zero-order valence-corrected chi connectivity index (χ0v) is 12.7. The number of hydrogen-bond acceptors (Lipinski definition) is 3. The number of benzene rings is 1. The molecule has 0 bridgehead atoms. The predicted molar refractivity (Wildman–Crippen MR) is 77.7 cm³/mol. The van der Waals surface area contributed by atoms with Crippen LogP contribution in [0.15, 0.2) is 18.2 Å². The van der Waals surface area contributed by atoms with Crippen LogP contribution in [0.3, 0.4) is 0 Å². The fraction of sp³-hybridized carbons (Fsp3) is 0.571. The molecule has 1 aromatic rings. The lowest BCUT2D eigenvalue weighted by Gasteiger charge is -2.30. The summed E-state index contributed by atoms with van der Waals surface area (Å²) in [6, 6.07) is 5.24. The van der Waals surface area contributed by atoms with Crippen molar-refractivity contribution in [2.75, 3.05) is 6.61 Å². The number of hydrogen-bond donors (Lipinski definition) is 2. The fourth-order valence-corrected chi connectivity index (χ4v) is 2.38. The molecule has 0 radical (unpaired) electrons. The summed E-state index contributed by atoms with van der Waals surface area (Å²) in [5, 5.41) is 20.6. The maximum absolute atomic E-state index is 10.1. The summed E-state index contributed by atoms with van der Waals surface area (Å²) in [7, 11) is 0. The van der Waals surface area contributed by atoms with Crippen LogP contribution in [0, 0.1) is 0 Å². The van der Waals surface area contributed by atoms with E-state index in [-0.39, 0.29) is 6.61 Å². The lowest BCUT2D eigenvalue weighted by Crippen LogP contribution is -2.38. The first-order valence-electron chi connectivity index (χ1n) is 6.39. The van der Waals surface area contributed by atoms with Gasteiger partial charge in [0.1, 0.15) is 0 Å². The molecule has 0 heterocycles. The van der Waals surface area contributed by atoms with Crippen LogP contribution in [0.1, 0.15) is 32.3 Å². The number of halogens is 2. The maximum atomic E-state index is 10.1. The fourth-order valence-electron chi connectivity index (χ4n) is 1.83. The molecule has 0 aliphatic carbocycles. The molecule has 3 nitrogen and oxygen atoms in total. The van der Waals surface area contributed by atoms with Crippen LogP contribution in [0.2, 0.25) is 10.0 Å². The van der Waals surface area contributed by atoms with E-state index in [4.69, 9.17) is 27.9 Å². The molecular formula is C14H20Cl2O3. The first kappa shape index (κ1) is 16.7. The number of aliphatic hydroxyl groups excluding tert-OH is 1. The Morgan fingerprint density at radius 1 is 1.21 bits per heavy atom. The van der Waals surface area contributed by atoms with Crippen LogP contribution < -0.4 is 0 Å². The highest BCUT2D eigenvalue weighted by molar-refractivity contribution is 6.35. The smallest absolute Gasteiger partial charge is 0.165 e. The summed E-state index contributed by atoms with van der Waals surface area (Å²) in [5.41, 5.74) is 0.722. The van der Waals surface area contributed by atoms with Crippen molar-refractivity contribution >= 4 is 23.2 Å². The summed E-state index contributed by atoms with van der Waals surface area (Å²) in [5.74, 6) is -1.22. The Kier molecular flexibility index (Phi) is 6.57. The van der Waals surface area contributed by atoms with Crippen molar-refractivity contribution in [2.45, 2.75) is 45.0 Å². The highest BCUT2D eigenvalue weighted by Gasteiger charge is 2.28. The molecule has 0 amide bonds. The minimum atomic E-state index is -1.22. The van der Waals surface area contributed by atoms with Gasteiger partial charge in [-0.25, -0.2) is 0 Å². The molecule has 0 spiro atoms. The molecular weight excluding hydrogens is 287 g/mol. The highest BCUT2D eigenvalue weighted by Crippen LogP contribution is 2.28. The average molecular weight is 307 g/mol. The molecule has 2 N–H and O–H groups in total. The largest absolute Gasteiger partial charge is 0.394 e. The first-order valence-corrected chi connectivity index (χ1v) is 7.15. The van der Waals surface area contributed by atoms with E-state index in [0.717, 1.165) is 5.56 Å². The van der Waals surface area contributed by atoms with Gasteiger partial charge < -0.3 is 14.9 Å². The van der Waals surface area contributed by atoms with Gasteiger partial charge in [0.25, 0.3) is 0 Å². The minimum Gasteiger partial charge on any atom is -0.394 e. The molecule has 19 heavy (non-hydrogen) atoms. The van der Waals surface area contributed by atoms with Gasteiger partial charge in [-0.3, -0.25) is 0 Å². The van der Waals surface area contributed by atoms with Crippen molar-refractivity contribution in [3.63, 3.8) is 0 Å². The van der Waals surface area contributed by atoms with Crippen LogP contribution in [0.5, 0.6) is 0 Å². The molecule has 1 atom stereocenters. The SMILES string of the molecule is CCC(O)(CC)O[C@@H](CO)Cc1c(Cl)cccc1Cl. The highest BCUT2D eigenvalue weighted by atomic mass is 35.5. The topological polar surface area (TPSA) is 49.7 Å². The van der Waals surface area contributed by atoms with E-state index < -0.39 is 11.9 Å². The molecule has 0 aromatic heterocycles. The van der Waals surface area contributed by atoms with Gasteiger partial charge in [0.05, 0.1) is 12.7 Å². The molecule has 0 saturated carbocycles. The third-order valence-corrected chi connectivity index (χ3v) is 3.90. The molecule has 1 rings (SSSR count). The second kappa shape index (κ2) is 7.46. The third kappa shape index (κ3) is 4.62. The Labute approximate surface area is 124 Å². The molecule has 108 valence electrons. The molecule has 0 aliphatic rings. The molecule has 0 fully saturated rings. The zero-order valence-electron chi connectivity index (χ0n) is 11.2. The monoisotopic (exact) mass is 306 g/mol.